The summed E-state index contributed by atoms with van der Waals surface area (Å²) in [6, 6.07) is 7.31. The lowest BCUT2D eigenvalue weighted by Gasteiger charge is -2.08. The van der Waals surface area contributed by atoms with E-state index in [1.807, 2.05) is 25.1 Å². The molecule has 1 amide bonds. The maximum atomic E-state index is 12.3. The zero-order valence-electron chi connectivity index (χ0n) is 12.6. The van der Waals surface area contributed by atoms with E-state index in [4.69, 9.17) is 9.26 Å². The van der Waals surface area contributed by atoms with Gasteiger partial charge >= 0.3 is 0 Å². The first-order valence-corrected chi connectivity index (χ1v) is 7.70. The number of hydrogen-bond acceptors (Lipinski definition) is 5. The van der Waals surface area contributed by atoms with Crippen molar-refractivity contribution < 1.29 is 14.1 Å². The maximum absolute atomic E-state index is 12.3. The molecule has 2 heterocycles. The van der Waals surface area contributed by atoms with Crippen LogP contribution >= 0.6 is 15.9 Å². The topological polar surface area (TPSA) is 77.2 Å². The average molecular weight is 376 g/mol. The monoisotopic (exact) mass is 375 g/mol. The summed E-state index contributed by atoms with van der Waals surface area (Å²) in [6.45, 7) is 1.83. The number of pyridine rings is 1. The molecule has 23 heavy (non-hydrogen) atoms. The van der Waals surface area contributed by atoms with Crippen molar-refractivity contribution in [2.75, 3.05) is 12.4 Å². The first-order chi connectivity index (χ1) is 11.1. The molecule has 0 aliphatic carbocycles. The maximum Gasteiger partial charge on any atom is 0.258 e. The summed E-state index contributed by atoms with van der Waals surface area (Å²) in [5.74, 6) is 0.563. The molecule has 7 heteroatoms. The van der Waals surface area contributed by atoms with E-state index < -0.39 is 0 Å². The molecule has 0 radical (unpaired) electrons. The molecule has 1 aromatic carbocycles. The number of ether oxygens (including phenoxy) is 1. The van der Waals surface area contributed by atoms with Crippen LogP contribution in [-0.2, 0) is 11.2 Å². The second-order valence-corrected chi connectivity index (χ2v) is 5.88. The van der Waals surface area contributed by atoms with E-state index in [9.17, 15) is 4.79 Å². The zero-order chi connectivity index (χ0) is 16.4. The molecular formula is C16H14BrN3O3. The Morgan fingerprint density at radius 2 is 2.22 bits per heavy atom. The quantitative estimate of drug-likeness (QED) is 0.755. The molecular weight excluding hydrogens is 362 g/mol. The summed E-state index contributed by atoms with van der Waals surface area (Å²) in [6.07, 6.45) is 1.77. The van der Waals surface area contributed by atoms with Crippen molar-refractivity contribution in [2.24, 2.45) is 0 Å². The second-order valence-electron chi connectivity index (χ2n) is 5.03. The Bertz CT molecular complexity index is 876. The van der Waals surface area contributed by atoms with Gasteiger partial charge in [0, 0.05) is 4.47 Å². The Morgan fingerprint density at radius 3 is 3.00 bits per heavy atom. The lowest BCUT2D eigenvalue weighted by atomic mass is 10.1. The minimum atomic E-state index is -0.144. The van der Waals surface area contributed by atoms with Crippen LogP contribution in [0.15, 0.2) is 39.5 Å². The molecule has 0 saturated heterocycles. The fraction of sp³-hybridized carbons (Fsp3) is 0.188. The molecule has 3 aromatic rings. The van der Waals surface area contributed by atoms with Crippen LogP contribution in [0.1, 0.15) is 11.3 Å². The molecule has 2 aromatic heterocycles. The molecule has 0 aliphatic rings. The Labute approximate surface area is 141 Å². The highest BCUT2D eigenvalue weighted by molar-refractivity contribution is 9.10. The number of aromatic nitrogens is 2. The van der Waals surface area contributed by atoms with Crippen molar-refractivity contribution >= 4 is 38.6 Å². The van der Waals surface area contributed by atoms with Gasteiger partial charge in [-0.3, -0.25) is 4.79 Å². The summed E-state index contributed by atoms with van der Waals surface area (Å²) in [4.78, 5) is 16.4. The fourth-order valence-electron chi connectivity index (χ4n) is 2.21. The van der Waals surface area contributed by atoms with Crippen LogP contribution in [-0.4, -0.2) is 23.2 Å². The Morgan fingerprint density at radius 1 is 1.39 bits per heavy atom. The van der Waals surface area contributed by atoms with Crippen molar-refractivity contribution in [1.29, 1.82) is 0 Å². The van der Waals surface area contributed by atoms with Gasteiger partial charge in [-0.15, -0.1) is 0 Å². The third kappa shape index (κ3) is 3.34. The normalized spacial score (nSPS) is 10.7. The molecule has 6 nitrogen and oxygen atoms in total. The average Bonchev–Trinajstić information content (AvgIpc) is 2.90. The number of aryl methyl sites for hydroxylation is 1. The molecule has 0 saturated carbocycles. The number of halogens is 1. The van der Waals surface area contributed by atoms with Gasteiger partial charge in [0.05, 0.1) is 36.5 Å². The van der Waals surface area contributed by atoms with Gasteiger partial charge in [0.25, 0.3) is 5.71 Å². The highest BCUT2D eigenvalue weighted by atomic mass is 79.9. The fourth-order valence-corrected chi connectivity index (χ4v) is 2.59. The van der Waals surface area contributed by atoms with Crippen LogP contribution in [0.25, 0.3) is 11.1 Å². The number of carbonyl (C=O) groups is 1. The van der Waals surface area contributed by atoms with Crippen molar-refractivity contribution in [1.82, 2.24) is 10.1 Å². The van der Waals surface area contributed by atoms with E-state index in [1.54, 1.807) is 19.4 Å². The van der Waals surface area contributed by atoms with Gasteiger partial charge in [0.2, 0.25) is 5.91 Å². The third-order valence-electron chi connectivity index (χ3n) is 3.40. The number of methoxy groups -OCH3 is 1. The van der Waals surface area contributed by atoms with Crippen molar-refractivity contribution in [2.45, 2.75) is 13.3 Å². The SMILES string of the molecule is COc1ccc(Br)c(CC(=O)Nc2cnc3onc(C)c3c2)c1. The summed E-state index contributed by atoms with van der Waals surface area (Å²) >= 11 is 3.44. The molecule has 1 N–H and O–H groups in total. The lowest BCUT2D eigenvalue weighted by Crippen LogP contribution is -2.14. The summed E-state index contributed by atoms with van der Waals surface area (Å²) in [5.41, 5.74) is 2.64. The number of amides is 1. The second kappa shape index (κ2) is 6.37. The van der Waals surface area contributed by atoms with Crippen LogP contribution in [0.3, 0.4) is 0 Å². The number of hydrogen-bond donors (Lipinski definition) is 1. The molecule has 0 fully saturated rings. The van der Waals surface area contributed by atoms with Gasteiger partial charge in [-0.1, -0.05) is 21.1 Å². The van der Waals surface area contributed by atoms with Crippen LogP contribution in [0, 0.1) is 6.92 Å². The minimum Gasteiger partial charge on any atom is -0.497 e. The van der Waals surface area contributed by atoms with Crippen molar-refractivity contribution in [3.63, 3.8) is 0 Å². The Hall–Kier alpha value is -2.41. The molecule has 0 unspecified atom stereocenters. The van der Waals surface area contributed by atoms with E-state index in [0.717, 1.165) is 21.1 Å². The van der Waals surface area contributed by atoms with Gasteiger partial charge in [0.15, 0.2) is 0 Å². The first kappa shape index (κ1) is 15.5. The Balaban J connectivity index is 1.77. The zero-order valence-corrected chi connectivity index (χ0v) is 14.2. The smallest absolute Gasteiger partial charge is 0.258 e. The van der Waals surface area contributed by atoms with Gasteiger partial charge in [-0.05, 0) is 36.8 Å². The summed E-state index contributed by atoms with van der Waals surface area (Å²) in [7, 11) is 1.59. The molecule has 3 rings (SSSR count). The number of fused-ring (bicyclic) bond motifs is 1. The van der Waals surface area contributed by atoms with Gasteiger partial charge in [0.1, 0.15) is 5.75 Å². The van der Waals surface area contributed by atoms with Gasteiger partial charge in [-0.25, -0.2) is 4.98 Å². The number of nitrogens with zero attached hydrogens (tertiary/aromatic N) is 2. The van der Waals surface area contributed by atoms with E-state index >= 15 is 0 Å². The largest absolute Gasteiger partial charge is 0.497 e. The van der Waals surface area contributed by atoms with Gasteiger partial charge < -0.3 is 14.6 Å². The summed E-state index contributed by atoms with van der Waals surface area (Å²) in [5, 5.41) is 7.46. The molecule has 0 spiro atoms. The number of rotatable bonds is 4. The highest BCUT2D eigenvalue weighted by Gasteiger charge is 2.11. The predicted molar refractivity (Wildman–Crippen MR) is 89.6 cm³/mol. The molecule has 0 atom stereocenters. The third-order valence-corrected chi connectivity index (χ3v) is 4.17. The van der Waals surface area contributed by atoms with Crippen molar-refractivity contribution in [3.8, 4) is 5.75 Å². The molecule has 0 bridgehead atoms. The van der Waals surface area contributed by atoms with Crippen LogP contribution in [0.4, 0.5) is 5.69 Å². The van der Waals surface area contributed by atoms with E-state index in [1.165, 1.54) is 0 Å². The predicted octanol–water partition coefficient (Wildman–Crippen LogP) is 3.48. The highest BCUT2D eigenvalue weighted by Crippen LogP contribution is 2.24. The summed E-state index contributed by atoms with van der Waals surface area (Å²) < 4.78 is 11.1. The standard InChI is InChI=1S/C16H14BrN3O3/c1-9-13-7-11(8-18-16(13)23-20-9)19-15(21)6-10-5-12(22-2)3-4-14(10)17/h3-5,7-8H,6H2,1-2H3,(H,19,21). The van der Waals surface area contributed by atoms with Crippen LogP contribution in [0.2, 0.25) is 0 Å². The number of benzene rings is 1. The van der Waals surface area contributed by atoms with Crippen molar-refractivity contribution in [3.05, 3.63) is 46.2 Å². The van der Waals surface area contributed by atoms with E-state index in [0.29, 0.717) is 17.2 Å². The number of anilines is 1. The minimum absolute atomic E-state index is 0.144. The Kier molecular flexibility index (Phi) is 4.29. The first-order valence-electron chi connectivity index (χ1n) is 6.91. The number of carbonyl (C=O) groups excluding carboxylic acids is 1. The molecule has 118 valence electrons. The molecule has 0 aliphatic heterocycles. The van der Waals surface area contributed by atoms with E-state index in [-0.39, 0.29) is 12.3 Å². The van der Waals surface area contributed by atoms with E-state index in [2.05, 4.69) is 31.4 Å². The lowest BCUT2D eigenvalue weighted by molar-refractivity contribution is -0.115. The van der Waals surface area contributed by atoms with Crippen LogP contribution in [0.5, 0.6) is 5.75 Å². The number of nitrogens with one attached hydrogen (secondary N) is 1. The van der Waals surface area contributed by atoms with Gasteiger partial charge in [-0.2, -0.15) is 0 Å². The van der Waals surface area contributed by atoms with Crippen LogP contribution < -0.4 is 10.1 Å².